The lowest BCUT2D eigenvalue weighted by Crippen LogP contribution is -2.55. The SMILES string of the molecule is C[C@@](CNc1ccc(OC(F)(F)F)cc1)(CC1CCCC1)N(CCn1cnc2cc(Cl)c(Cl)cc21)C(=O)O. The summed E-state index contributed by atoms with van der Waals surface area (Å²) in [6, 6.07) is 8.79. The number of imidazole rings is 1. The number of carboxylic acid groups (broad SMARTS) is 1. The highest BCUT2D eigenvalue weighted by Gasteiger charge is 2.38. The quantitative estimate of drug-likeness (QED) is 0.260. The van der Waals surface area contributed by atoms with Crippen molar-refractivity contribution in [2.45, 2.75) is 57.5 Å². The van der Waals surface area contributed by atoms with Gasteiger partial charge in [-0.25, -0.2) is 9.78 Å². The van der Waals surface area contributed by atoms with E-state index in [1.54, 1.807) is 18.5 Å². The monoisotopic (exact) mass is 572 g/mol. The number of carbonyl (C=O) groups is 1. The van der Waals surface area contributed by atoms with Gasteiger partial charge in [0, 0.05) is 25.3 Å². The largest absolute Gasteiger partial charge is 0.573 e. The average Bonchev–Trinajstić information content (AvgIpc) is 3.48. The molecule has 0 bridgehead atoms. The molecule has 1 aromatic heterocycles. The summed E-state index contributed by atoms with van der Waals surface area (Å²) in [4.78, 5) is 18.3. The Bertz CT molecular complexity index is 1260. The zero-order valence-electron chi connectivity index (χ0n) is 20.8. The highest BCUT2D eigenvalue weighted by Crippen LogP contribution is 2.35. The number of hydrogen-bond donors (Lipinski definition) is 2. The first-order valence-electron chi connectivity index (χ1n) is 12.3. The highest BCUT2D eigenvalue weighted by atomic mass is 35.5. The van der Waals surface area contributed by atoms with Crippen LogP contribution in [0, 0.1) is 5.92 Å². The molecule has 1 heterocycles. The number of aromatic nitrogens is 2. The molecular weight excluding hydrogens is 544 g/mol. The minimum Gasteiger partial charge on any atom is -0.465 e. The molecule has 0 saturated heterocycles. The van der Waals surface area contributed by atoms with E-state index in [0.717, 1.165) is 31.2 Å². The van der Waals surface area contributed by atoms with Crippen LogP contribution in [0.25, 0.3) is 11.0 Å². The molecule has 0 unspecified atom stereocenters. The molecule has 1 amide bonds. The van der Waals surface area contributed by atoms with E-state index >= 15 is 0 Å². The van der Waals surface area contributed by atoms with Crippen LogP contribution in [0.1, 0.15) is 39.0 Å². The molecule has 1 atom stereocenters. The van der Waals surface area contributed by atoms with Crippen LogP contribution in [0.15, 0.2) is 42.7 Å². The fraction of sp³-hybridized carbons (Fsp3) is 0.462. The standard InChI is InChI=1S/C26H29Cl2F3N4O3/c1-25(14-17-4-2-3-5-17,15-32-18-6-8-19(9-7-18)38-26(29,30)31)35(24(36)37)11-10-34-16-33-22-12-20(27)21(28)13-23(22)34/h6-9,12-13,16-17,32H,2-5,10-11,14-15H2,1H3,(H,36,37)/t25-/m0/s1. The number of benzene rings is 2. The molecular formula is C26H29Cl2F3N4O3. The van der Waals surface area contributed by atoms with Crippen molar-refractivity contribution in [1.29, 1.82) is 0 Å². The molecule has 2 aromatic carbocycles. The summed E-state index contributed by atoms with van der Waals surface area (Å²) in [5, 5.41) is 14.3. The maximum atomic E-state index is 12.5. The van der Waals surface area contributed by atoms with Gasteiger partial charge in [-0.05, 0) is 55.7 Å². The fourth-order valence-corrected chi connectivity index (χ4v) is 5.53. The number of anilines is 1. The van der Waals surface area contributed by atoms with E-state index < -0.39 is 18.0 Å². The molecule has 4 rings (SSSR count). The van der Waals surface area contributed by atoms with E-state index in [1.165, 1.54) is 29.2 Å². The summed E-state index contributed by atoms with van der Waals surface area (Å²) in [6.07, 6.45) is 0.789. The van der Waals surface area contributed by atoms with Gasteiger partial charge in [-0.3, -0.25) is 4.90 Å². The minimum atomic E-state index is -4.77. The van der Waals surface area contributed by atoms with Crippen LogP contribution in [0.5, 0.6) is 5.75 Å². The van der Waals surface area contributed by atoms with E-state index in [2.05, 4.69) is 15.0 Å². The number of fused-ring (bicyclic) bond motifs is 1. The lowest BCUT2D eigenvalue weighted by Gasteiger charge is -2.42. The average molecular weight is 573 g/mol. The summed E-state index contributed by atoms with van der Waals surface area (Å²) in [5.74, 6) is 0.0686. The second-order valence-corrected chi connectivity index (χ2v) is 10.7. The van der Waals surface area contributed by atoms with Crippen LogP contribution < -0.4 is 10.1 Å². The van der Waals surface area contributed by atoms with Crippen molar-refractivity contribution in [2.75, 3.05) is 18.4 Å². The summed E-state index contributed by atoms with van der Waals surface area (Å²) < 4.78 is 43.2. The van der Waals surface area contributed by atoms with Gasteiger partial charge in [0.05, 0.1) is 32.9 Å². The first-order valence-corrected chi connectivity index (χ1v) is 13.1. The van der Waals surface area contributed by atoms with Gasteiger partial charge in [0.1, 0.15) is 5.75 Å². The Morgan fingerprint density at radius 2 is 1.84 bits per heavy atom. The molecule has 206 valence electrons. The van der Waals surface area contributed by atoms with Crippen molar-refractivity contribution >= 4 is 46.0 Å². The first kappa shape index (κ1) is 28.2. The van der Waals surface area contributed by atoms with Crippen LogP contribution >= 0.6 is 23.2 Å². The maximum Gasteiger partial charge on any atom is 0.573 e. The molecule has 7 nitrogen and oxygen atoms in total. The van der Waals surface area contributed by atoms with Crippen molar-refractivity contribution in [1.82, 2.24) is 14.5 Å². The summed E-state index contributed by atoms with van der Waals surface area (Å²) >= 11 is 12.3. The summed E-state index contributed by atoms with van der Waals surface area (Å²) in [6.45, 7) is 2.74. The number of nitrogens with zero attached hydrogens (tertiary/aromatic N) is 3. The van der Waals surface area contributed by atoms with E-state index in [1.807, 2.05) is 11.5 Å². The van der Waals surface area contributed by atoms with Crippen LogP contribution in [0.3, 0.4) is 0 Å². The minimum absolute atomic E-state index is 0.199. The number of ether oxygens (including phenoxy) is 1. The number of alkyl halides is 3. The Morgan fingerprint density at radius 1 is 1.18 bits per heavy atom. The van der Waals surface area contributed by atoms with Crippen molar-refractivity contribution in [3.63, 3.8) is 0 Å². The molecule has 0 aliphatic heterocycles. The third kappa shape index (κ3) is 6.96. The highest BCUT2D eigenvalue weighted by molar-refractivity contribution is 6.42. The first-order chi connectivity index (χ1) is 17.9. The number of halogens is 5. The topological polar surface area (TPSA) is 79.6 Å². The Balaban J connectivity index is 1.52. The molecule has 2 N–H and O–H groups in total. The molecule has 1 fully saturated rings. The van der Waals surface area contributed by atoms with Crippen LogP contribution in [-0.2, 0) is 6.54 Å². The van der Waals surface area contributed by atoms with Crippen molar-refractivity contribution in [3.05, 3.63) is 52.8 Å². The van der Waals surface area contributed by atoms with Gasteiger partial charge in [0.25, 0.3) is 0 Å². The zero-order valence-corrected chi connectivity index (χ0v) is 22.3. The van der Waals surface area contributed by atoms with Crippen LogP contribution in [0.2, 0.25) is 10.0 Å². The fourth-order valence-electron chi connectivity index (χ4n) is 5.22. The summed E-state index contributed by atoms with van der Waals surface area (Å²) in [5.41, 5.74) is 1.20. The Labute approximate surface area is 228 Å². The third-order valence-electron chi connectivity index (χ3n) is 7.07. The lowest BCUT2D eigenvalue weighted by molar-refractivity contribution is -0.274. The van der Waals surface area contributed by atoms with Crippen LogP contribution in [-0.4, -0.2) is 50.6 Å². The number of amides is 1. The van der Waals surface area contributed by atoms with Gasteiger partial charge in [0.2, 0.25) is 0 Å². The molecule has 0 radical (unpaired) electrons. The number of nitrogens with one attached hydrogen (secondary N) is 1. The van der Waals surface area contributed by atoms with E-state index in [0.29, 0.717) is 40.1 Å². The smallest absolute Gasteiger partial charge is 0.465 e. The number of hydrogen-bond acceptors (Lipinski definition) is 4. The predicted octanol–water partition coefficient (Wildman–Crippen LogP) is 7.67. The second-order valence-electron chi connectivity index (χ2n) is 9.90. The number of rotatable bonds is 10. The van der Waals surface area contributed by atoms with Gasteiger partial charge in [-0.15, -0.1) is 13.2 Å². The third-order valence-corrected chi connectivity index (χ3v) is 7.80. The second kappa shape index (κ2) is 11.5. The predicted molar refractivity (Wildman–Crippen MR) is 141 cm³/mol. The molecule has 0 spiro atoms. The van der Waals surface area contributed by atoms with Gasteiger partial charge in [-0.1, -0.05) is 48.9 Å². The maximum absolute atomic E-state index is 12.5. The lowest BCUT2D eigenvalue weighted by atomic mass is 9.86. The van der Waals surface area contributed by atoms with E-state index in [9.17, 15) is 23.1 Å². The summed E-state index contributed by atoms with van der Waals surface area (Å²) in [7, 11) is 0. The Kier molecular flexibility index (Phi) is 8.52. The van der Waals surface area contributed by atoms with Crippen LogP contribution in [0.4, 0.5) is 23.7 Å². The molecule has 38 heavy (non-hydrogen) atoms. The normalized spacial score (nSPS) is 15.9. The molecule has 1 saturated carbocycles. The van der Waals surface area contributed by atoms with Gasteiger partial charge in [-0.2, -0.15) is 0 Å². The molecule has 3 aromatic rings. The Hall–Kier alpha value is -2.85. The van der Waals surface area contributed by atoms with Gasteiger partial charge >= 0.3 is 12.5 Å². The van der Waals surface area contributed by atoms with Gasteiger partial charge < -0.3 is 19.7 Å². The van der Waals surface area contributed by atoms with Gasteiger partial charge in [0.15, 0.2) is 0 Å². The van der Waals surface area contributed by atoms with E-state index in [-0.39, 0.29) is 18.8 Å². The molecule has 1 aliphatic carbocycles. The zero-order chi connectivity index (χ0) is 27.5. The molecule has 1 aliphatic rings. The van der Waals surface area contributed by atoms with E-state index in [4.69, 9.17) is 23.2 Å². The van der Waals surface area contributed by atoms with Crippen molar-refractivity contribution in [2.24, 2.45) is 5.92 Å². The molecule has 12 heteroatoms. The van der Waals surface area contributed by atoms with Crippen molar-refractivity contribution < 1.29 is 27.8 Å². The van der Waals surface area contributed by atoms with Crippen molar-refractivity contribution in [3.8, 4) is 5.75 Å². The Morgan fingerprint density at radius 3 is 2.47 bits per heavy atom.